The first kappa shape index (κ1) is 18.5. The Morgan fingerprint density at radius 2 is 2.03 bits per heavy atom. The molecule has 0 spiro atoms. The fourth-order valence-electron chi connectivity index (χ4n) is 2.62. The first-order chi connectivity index (χ1) is 13.8. The SMILES string of the molecule is Cc1cc(NC(=O)c2cnn3ccc(Nc4cccc(C(F)(F)F)c4)nc23)on1. The van der Waals surface area contributed by atoms with Crippen LogP contribution < -0.4 is 10.6 Å². The van der Waals surface area contributed by atoms with Crippen molar-refractivity contribution in [1.29, 1.82) is 0 Å². The molecule has 0 bridgehead atoms. The topological polar surface area (TPSA) is 97.4 Å². The summed E-state index contributed by atoms with van der Waals surface area (Å²) in [6.07, 6.45) is -1.59. The summed E-state index contributed by atoms with van der Waals surface area (Å²) in [4.78, 5) is 16.8. The number of carbonyl (C=O) groups excluding carboxylic acids is 1. The van der Waals surface area contributed by atoms with Crippen molar-refractivity contribution in [3.8, 4) is 0 Å². The van der Waals surface area contributed by atoms with Gasteiger partial charge in [0.25, 0.3) is 5.91 Å². The van der Waals surface area contributed by atoms with Crippen molar-refractivity contribution in [1.82, 2.24) is 19.8 Å². The lowest BCUT2D eigenvalue weighted by Gasteiger charge is -2.10. The number of hydrogen-bond donors (Lipinski definition) is 2. The van der Waals surface area contributed by atoms with Gasteiger partial charge in [0, 0.05) is 18.0 Å². The summed E-state index contributed by atoms with van der Waals surface area (Å²) in [5.74, 6) is -0.0909. The predicted octanol–water partition coefficient (Wildman–Crippen LogP) is 4.04. The zero-order valence-electron chi connectivity index (χ0n) is 14.9. The van der Waals surface area contributed by atoms with Gasteiger partial charge < -0.3 is 9.84 Å². The molecule has 0 aliphatic rings. The van der Waals surface area contributed by atoms with Crippen LogP contribution in [0.5, 0.6) is 0 Å². The molecule has 4 rings (SSSR count). The first-order valence-electron chi connectivity index (χ1n) is 8.33. The fraction of sp³-hybridized carbons (Fsp3) is 0.111. The average molecular weight is 402 g/mol. The zero-order chi connectivity index (χ0) is 20.6. The van der Waals surface area contributed by atoms with E-state index in [1.165, 1.54) is 35.1 Å². The van der Waals surface area contributed by atoms with Gasteiger partial charge in [0.15, 0.2) is 5.65 Å². The van der Waals surface area contributed by atoms with Crippen LogP contribution in [0, 0.1) is 6.92 Å². The maximum absolute atomic E-state index is 12.9. The monoisotopic (exact) mass is 402 g/mol. The second-order valence-corrected chi connectivity index (χ2v) is 6.13. The number of anilines is 3. The summed E-state index contributed by atoms with van der Waals surface area (Å²) in [7, 11) is 0. The second kappa shape index (κ2) is 6.93. The van der Waals surface area contributed by atoms with Gasteiger partial charge in [0.2, 0.25) is 5.88 Å². The number of halogens is 3. The van der Waals surface area contributed by atoms with Gasteiger partial charge in [0.05, 0.1) is 17.5 Å². The standard InChI is InChI=1S/C18H13F3N6O2/c1-10-7-15(29-26-10)25-17(28)13-9-22-27-6-5-14(24-16(13)27)23-12-4-2-3-11(8-12)18(19,20)21/h2-9H,1H3,(H,23,24)(H,25,28). The van der Waals surface area contributed by atoms with Crippen molar-refractivity contribution in [3.63, 3.8) is 0 Å². The minimum absolute atomic E-state index is 0.159. The summed E-state index contributed by atoms with van der Waals surface area (Å²) < 4.78 is 45.0. The molecule has 0 aliphatic heterocycles. The van der Waals surface area contributed by atoms with E-state index in [4.69, 9.17) is 4.52 Å². The van der Waals surface area contributed by atoms with Crippen molar-refractivity contribution in [2.45, 2.75) is 13.1 Å². The van der Waals surface area contributed by atoms with Crippen LogP contribution in [0.2, 0.25) is 0 Å². The Bertz CT molecular complexity index is 1200. The Kier molecular flexibility index (Phi) is 4.41. The van der Waals surface area contributed by atoms with Gasteiger partial charge in [-0.05, 0) is 31.2 Å². The number of nitrogens with one attached hydrogen (secondary N) is 2. The van der Waals surface area contributed by atoms with E-state index < -0.39 is 17.6 Å². The van der Waals surface area contributed by atoms with Crippen LogP contribution in [0.25, 0.3) is 5.65 Å². The zero-order valence-corrected chi connectivity index (χ0v) is 14.9. The van der Waals surface area contributed by atoms with E-state index in [1.807, 2.05) is 0 Å². The highest BCUT2D eigenvalue weighted by Crippen LogP contribution is 2.31. The van der Waals surface area contributed by atoms with Crippen LogP contribution in [-0.4, -0.2) is 25.7 Å². The highest BCUT2D eigenvalue weighted by molar-refractivity contribution is 6.07. The van der Waals surface area contributed by atoms with Crippen molar-refractivity contribution in [3.05, 3.63) is 65.6 Å². The number of alkyl halides is 3. The molecule has 11 heteroatoms. The van der Waals surface area contributed by atoms with Gasteiger partial charge in [-0.15, -0.1) is 0 Å². The van der Waals surface area contributed by atoms with Crippen LogP contribution >= 0.6 is 0 Å². The third kappa shape index (κ3) is 3.88. The summed E-state index contributed by atoms with van der Waals surface area (Å²) in [5.41, 5.74) is 0.406. The summed E-state index contributed by atoms with van der Waals surface area (Å²) in [6.45, 7) is 1.71. The summed E-state index contributed by atoms with van der Waals surface area (Å²) >= 11 is 0. The minimum atomic E-state index is -4.45. The van der Waals surface area contributed by atoms with E-state index in [9.17, 15) is 18.0 Å². The Morgan fingerprint density at radius 3 is 2.76 bits per heavy atom. The lowest BCUT2D eigenvalue weighted by Crippen LogP contribution is -2.11. The number of benzene rings is 1. The molecular weight excluding hydrogens is 389 g/mol. The number of fused-ring (bicyclic) bond motifs is 1. The Hall–Kier alpha value is -3.89. The van der Waals surface area contributed by atoms with E-state index in [2.05, 4.69) is 25.9 Å². The van der Waals surface area contributed by atoms with Crippen molar-refractivity contribution in [2.24, 2.45) is 0 Å². The summed E-state index contributed by atoms with van der Waals surface area (Å²) in [6, 6.07) is 7.81. The maximum Gasteiger partial charge on any atom is 0.416 e. The quantitative estimate of drug-likeness (QED) is 0.535. The number of hydrogen-bond acceptors (Lipinski definition) is 6. The molecule has 0 aliphatic carbocycles. The van der Waals surface area contributed by atoms with E-state index in [-0.39, 0.29) is 28.6 Å². The molecule has 3 heterocycles. The van der Waals surface area contributed by atoms with Crippen molar-refractivity contribution in [2.75, 3.05) is 10.6 Å². The second-order valence-electron chi connectivity index (χ2n) is 6.13. The first-order valence-corrected chi connectivity index (χ1v) is 8.33. The van der Waals surface area contributed by atoms with Gasteiger partial charge in [-0.1, -0.05) is 11.2 Å². The number of carbonyl (C=O) groups is 1. The van der Waals surface area contributed by atoms with Gasteiger partial charge in [-0.25, -0.2) is 9.50 Å². The third-order valence-corrected chi connectivity index (χ3v) is 3.94. The number of rotatable bonds is 4. The maximum atomic E-state index is 12.9. The molecule has 1 amide bonds. The molecule has 0 fully saturated rings. The van der Waals surface area contributed by atoms with Crippen LogP contribution in [0.3, 0.4) is 0 Å². The number of nitrogens with zero attached hydrogens (tertiary/aromatic N) is 4. The largest absolute Gasteiger partial charge is 0.416 e. The average Bonchev–Trinajstić information content (AvgIpc) is 3.27. The third-order valence-electron chi connectivity index (χ3n) is 3.94. The molecule has 0 atom stereocenters. The van der Waals surface area contributed by atoms with E-state index in [0.717, 1.165) is 12.1 Å². The Morgan fingerprint density at radius 1 is 1.21 bits per heavy atom. The predicted molar refractivity (Wildman–Crippen MR) is 96.9 cm³/mol. The molecule has 8 nitrogen and oxygen atoms in total. The van der Waals surface area contributed by atoms with Crippen molar-refractivity contribution >= 4 is 28.9 Å². The van der Waals surface area contributed by atoms with Gasteiger partial charge >= 0.3 is 6.18 Å². The molecule has 0 unspecified atom stereocenters. The molecule has 0 saturated carbocycles. The van der Waals surface area contributed by atoms with Gasteiger partial charge in [-0.3, -0.25) is 10.1 Å². The normalized spacial score (nSPS) is 11.6. The van der Waals surface area contributed by atoms with Crippen LogP contribution in [-0.2, 0) is 6.18 Å². The molecule has 148 valence electrons. The van der Waals surface area contributed by atoms with E-state index >= 15 is 0 Å². The van der Waals surface area contributed by atoms with Crippen LogP contribution in [0.1, 0.15) is 21.6 Å². The Labute approximate surface area is 161 Å². The molecule has 3 aromatic heterocycles. The highest BCUT2D eigenvalue weighted by Gasteiger charge is 2.30. The highest BCUT2D eigenvalue weighted by atomic mass is 19.4. The number of aryl methyl sites for hydroxylation is 1. The minimum Gasteiger partial charge on any atom is -0.340 e. The smallest absolute Gasteiger partial charge is 0.340 e. The van der Waals surface area contributed by atoms with E-state index in [0.29, 0.717) is 5.69 Å². The van der Waals surface area contributed by atoms with Gasteiger partial charge in [0.1, 0.15) is 11.4 Å². The number of amides is 1. The molecule has 4 aromatic rings. The number of aromatic nitrogens is 4. The molecular formula is C18H13F3N6O2. The molecule has 1 aromatic carbocycles. The van der Waals surface area contributed by atoms with Gasteiger partial charge in [-0.2, -0.15) is 18.3 Å². The van der Waals surface area contributed by atoms with Crippen LogP contribution in [0.15, 0.2) is 53.3 Å². The molecule has 29 heavy (non-hydrogen) atoms. The Balaban J connectivity index is 1.61. The molecule has 0 radical (unpaired) electrons. The lowest BCUT2D eigenvalue weighted by molar-refractivity contribution is -0.137. The van der Waals surface area contributed by atoms with Crippen LogP contribution in [0.4, 0.5) is 30.6 Å². The molecule has 0 saturated heterocycles. The fourth-order valence-corrected chi connectivity index (χ4v) is 2.62. The molecule has 2 N–H and O–H groups in total. The van der Waals surface area contributed by atoms with Crippen molar-refractivity contribution < 1.29 is 22.5 Å². The van der Waals surface area contributed by atoms with E-state index in [1.54, 1.807) is 13.0 Å². The lowest BCUT2D eigenvalue weighted by atomic mass is 10.2. The summed E-state index contributed by atoms with van der Waals surface area (Å²) in [5, 5.41) is 13.1.